The maximum atomic E-state index is 11.4. The van der Waals surface area contributed by atoms with E-state index in [0.29, 0.717) is 0 Å². The first-order chi connectivity index (χ1) is 13.4. The number of hydrogen-bond donors (Lipinski definition) is 5. The lowest BCUT2D eigenvalue weighted by Gasteiger charge is -2.43. The van der Waals surface area contributed by atoms with Crippen LogP contribution in [0.3, 0.4) is 0 Å². The van der Waals surface area contributed by atoms with E-state index in [-0.39, 0.29) is 19.1 Å². The van der Waals surface area contributed by atoms with Crippen molar-refractivity contribution in [3.8, 4) is 0 Å². The highest BCUT2D eigenvalue weighted by molar-refractivity contribution is 7.46. The fraction of sp³-hybridized carbons (Fsp3) is 1.00. The van der Waals surface area contributed by atoms with E-state index in [1.165, 1.54) is 7.11 Å². The summed E-state index contributed by atoms with van der Waals surface area (Å²) < 4.78 is 48.0. The lowest BCUT2D eigenvalue weighted by Crippen LogP contribution is -2.60. The summed E-state index contributed by atoms with van der Waals surface area (Å²) in [5, 5.41) is 10.5. The molecular formula is C15H32O12P2. The minimum absolute atomic E-state index is 0.187. The number of methoxy groups -OCH3 is 1. The molecule has 0 unspecified atom stereocenters. The van der Waals surface area contributed by atoms with Gasteiger partial charge in [-0.3, -0.25) is 9.05 Å². The Balaban J connectivity index is 3.06. The van der Waals surface area contributed by atoms with Crippen LogP contribution in [0.15, 0.2) is 0 Å². The molecule has 0 bridgehead atoms. The minimum atomic E-state index is -5.15. The zero-order valence-electron chi connectivity index (χ0n) is 16.7. The molecule has 0 amide bonds. The molecule has 0 aromatic carbocycles. The number of phosphoric acid groups is 2. The normalized spacial score (nSPS) is 28.8. The zero-order valence-corrected chi connectivity index (χ0v) is 18.5. The van der Waals surface area contributed by atoms with Crippen LogP contribution in [0, 0.1) is 5.92 Å². The molecule has 0 spiro atoms. The van der Waals surface area contributed by atoms with Crippen LogP contribution in [0.5, 0.6) is 0 Å². The average molecular weight is 466 g/mol. The Hall–Kier alpha value is 0.0600. The summed E-state index contributed by atoms with van der Waals surface area (Å²) in [5.41, 5.74) is 0. The van der Waals surface area contributed by atoms with E-state index in [0.717, 1.165) is 25.7 Å². The van der Waals surface area contributed by atoms with Gasteiger partial charge in [0.15, 0.2) is 6.29 Å². The third kappa shape index (κ3) is 9.82. The van der Waals surface area contributed by atoms with Crippen molar-refractivity contribution in [1.29, 1.82) is 0 Å². The third-order valence-electron chi connectivity index (χ3n) is 4.35. The molecule has 0 saturated carbocycles. The van der Waals surface area contributed by atoms with Gasteiger partial charge in [0, 0.05) is 7.11 Å². The van der Waals surface area contributed by atoms with E-state index in [2.05, 4.69) is 9.05 Å². The highest BCUT2D eigenvalue weighted by atomic mass is 31.2. The van der Waals surface area contributed by atoms with Gasteiger partial charge >= 0.3 is 15.6 Å². The molecule has 1 rings (SSSR count). The van der Waals surface area contributed by atoms with Gasteiger partial charge in [0.25, 0.3) is 0 Å². The average Bonchev–Trinajstić information content (AvgIpc) is 2.57. The van der Waals surface area contributed by atoms with Crippen molar-refractivity contribution in [2.75, 3.05) is 20.3 Å². The van der Waals surface area contributed by atoms with Gasteiger partial charge in [0.1, 0.15) is 24.4 Å². The van der Waals surface area contributed by atoms with E-state index in [1.807, 2.05) is 13.8 Å². The van der Waals surface area contributed by atoms with Crippen molar-refractivity contribution >= 4 is 15.6 Å². The first-order valence-corrected chi connectivity index (χ1v) is 12.4. The minimum Gasteiger partial charge on any atom is -0.385 e. The smallest absolute Gasteiger partial charge is 0.385 e. The van der Waals surface area contributed by atoms with Gasteiger partial charge in [-0.2, -0.15) is 0 Å². The van der Waals surface area contributed by atoms with E-state index < -0.39 is 46.4 Å². The monoisotopic (exact) mass is 466 g/mol. The molecule has 0 aromatic heterocycles. The Morgan fingerprint density at radius 2 is 1.48 bits per heavy atom. The van der Waals surface area contributed by atoms with E-state index in [4.69, 9.17) is 24.0 Å². The fourth-order valence-corrected chi connectivity index (χ4v) is 4.39. The topological polar surface area (TPSA) is 181 Å². The quantitative estimate of drug-likeness (QED) is 0.242. The van der Waals surface area contributed by atoms with Gasteiger partial charge in [-0.15, -0.1) is 0 Å². The standard InChI is InChI=1S/C15H32O12P2/c1-4-6-10(7-5-2)8-24-15-12(16)14(27-29(20,21)22)13(26-28(17,18)19)11(25-15)9-23-3/h10-16H,4-9H2,1-3H3,(H2,17,18,19)(H2,20,21,22)/t11-,12-,13+,14-,15-/m1/s1. The third-order valence-corrected chi connectivity index (χ3v) is 5.39. The van der Waals surface area contributed by atoms with E-state index in [1.54, 1.807) is 0 Å². The Labute approximate surface area is 169 Å². The molecular weight excluding hydrogens is 434 g/mol. The van der Waals surface area contributed by atoms with Crippen LogP contribution in [0.4, 0.5) is 0 Å². The summed E-state index contributed by atoms with van der Waals surface area (Å²) in [6.07, 6.45) is -4.31. The second-order valence-electron chi connectivity index (χ2n) is 6.89. The van der Waals surface area contributed by atoms with Gasteiger partial charge in [-0.25, -0.2) is 9.13 Å². The Bertz CT molecular complexity index is 558. The number of aliphatic hydroxyl groups excluding tert-OH is 1. The highest BCUT2D eigenvalue weighted by Gasteiger charge is 2.51. The van der Waals surface area contributed by atoms with Gasteiger partial charge < -0.3 is 38.9 Å². The predicted molar refractivity (Wildman–Crippen MR) is 99.6 cm³/mol. The number of ether oxygens (including phenoxy) is 3. The molecule has 0 radical (unpaired) electrons. The number of phosphoric ester groups is 2. The zero-order chi connectivity index (χ0) is 22.2. The second kappa shape index (κ2) is 12.2. The summed E-state index contributed by atoms with van der Waals surface area (Å²) in [6, 6.07) is 0. The molecule has 174 valence electrons. The second-order valence-corrected chi connectivity index (χ2v) is 9.27. The van der Waals surface area contributed by atoms with Gasteiger partial charge in [0.2, 0.25) is 0 Å². The first kappa shape index (κ1) is 27.1. The molecule has 29 heavy (non-hydrogen) atoms. The molecule has 1 aliphatic heterocycles. The summed E-state index contributed by atoms with van der Waals surface area (Å²) >= 11 is 0. The maximum Gasteiger partial charge on any atom is 0.470 e. The Morgan fingerprint density at radius 1 is 0.966 bits per heavy atom. The lowest BCUT2D eigenvalue weighted by molar-refractivity contribution is -0.299. The molecule has 1 saturated heterocycles. The SMILES string of the molecule is CCCC(CCC)CO[C@@H]1O[C@H](COC)[C@H](OP(=O)(O)O)[C@H](OP(=O)(O)O)[C@H]1O. The molecule has 1 heterocycles. The van der Waals surface area contributed by atoms with E-state index >= 15 is 0 Å². The molecule has 0 aromatic rings. The van der Waals surface area contributed by atoms with Crippen molar-refractivity contribution in [1.82, 2.24) is 0 Å². The number of aliphatic hydroxyl groups is 1. The van der Waals surface area contributed by atoms with Gasteiger partial charge in [0.05, 0.1) is 13.2 Å². The molecule has 0 aliphatic carbocycles. The number of rotatable bonds is 13. The van der Waals surface area contributed by atoms with E-state index in [9.17, 15) is 24.0 Å². The largest absolute Gasteiger partial charge is 0.470 e. The van der Waals surface area contributed by atoms with Crippen molar-refractivity contribution in [3.63, 3.8) is 0 Å². The maximum absolute atomic E-state index is 11.4. The summed E-state index contributed by atoms with van der Waals surface area (Å²) in [6.45, 7) is 4.01. The van der Waals surface area contributed by atoms with Crippen molar-refractivity contribution in [2.24, 2.45) is 5.92 Å². The highest BCUT2D eigenvalue weighted by Crippen LogP contribution is 2.46. The summed E-state index contributed by atoms with van der Waals surface area (Å²) in [4.78, 5) is 36.7. The number of hydrogen-bond acceptors (Lipinski definition) is 8. The van der Waals surface area contributed by atoms with Crippen LogP contribution in [-0.4, -0.2) is 75.7 Å². The van der Waals surface area contributed by atoms with Crippen LogP contribution in [0.25, 0.3) is 0 Å². The lowest BCUT2D eigenvalue weighted by atomic mass is 9.98. The van der Waals surface area contributed by atoms with Crippen molar-refractivity contribution < 1.29 is 57.1 Å². The molecule has 5 N–H and O–H groups in total. The van der Waals surface area contributed by atoms with Crippen LogP contribution in [0.2, 0.25) is 0 Å². The predicted octanol–water partition coefficient (Wildman–Crippen LogP) is 0.907. The molecule has 1 aliphatic rings. The first-order valence-electron chi connectivity index (χ1n) is 9.33. The van der Waals surface area contributed by atoms with Gasteiger partial charge in [-0.05, 0) is 18.8 Å². The molecule has 1 fully saturated rings. The summed E-state index contributed by atoms with van der Waals surface area (Å²) in [5.74, 6) is 0.187. The van der Waals surface area contributed by atoms with Crippen LogP contribution < -0.4 is 0 Å². The Kier molecular flexibility index (Phi) is 11.4. The van der Waals surface area contributed by atoms with Crippen LogP contribution >= 0.6 is 15.6 Å². The molecule has 12 nitrogen and oxygen atoms in total. The molecule has 5 atom stereocenters. The molecule has 14 heteroatoms. The van der Waals surface area contributed by atoms with Gasteiger partial charge in [-0.1, -0.05) is 26.7 Å². The fourth-order valence-electron chi connectivity index (χ4n) is 3.25. The summed E-state index contributed by atoms with van der Waals surface area (Å²) in [7, 11) is -8.98. The van der Waals surface area contributed by atoms with Crippen LogP contribution in [-0.2, 0) is 32.4 Å². The Morgan fingerprint density at radius 3 is 1.93 bits per heavy atom. The van der Waals surface area contributed by atoms with Crippen LogP contribution in [0.1, 0.15) is 39.5 Å². The van der Waals surface area contributed by atoms with Crippen molar-refractivity contribution in [2.45, 2.75) is 70.2 Å². The van der Waals surface area contributed by atoms with Crippen molar-refractivity contribution in [3.05, 3.63) is 0 Å².